The maximum Gasteiger partial charge on any atom is 0.319 e. The number of aromatic nitrogens is 2. The van der Waals surface area contributed by atoms with E-state index >= 15 is 0 Å². The van der Waals surface area contributed by atoms with Gasteiger partial charge in [0.25, 0.3) is 0 Å². The third-order valence-corrected chi connectivity index (χ3v) is 3.98. The highest BCUT2D eigenvalue weighted by atomic mass is 16.5. The van der Waals surface area contributed by atoms with Crippen LogP contribution in [0.4, 0.5) is 10.5 Å². The largest absolute Gasteiger partial charge is 0.495 e. The topological polar surface area (TPSA) is 98.5 Å². The smallest absolute Gasteiger partial charge is 0.319 e. The molecule has 134 valence electrons. The third-order valence-electron chi connectivity index (χ3n) is 3.98. The van der Waals surface area contributed by atoms with Crippen molar-refractivity contribution in [3.63, 3.8) is 0 Å². The summed E-state index contributed by atoms with van der Waals surface area (Å²) >= 11 is 0. The Kier molecular flexibility index (Phi) is 5.49. The van der Waals surface area contributed by atoms with Crippen molar-refractivity contribution in [2.75, 3.05) is 25.6 Å². The fraction of sp³-hybridized carbons (Fsp3) is 0.471. The fourth-order valence-electron chi connectivity index (χ4n) is 2.63. The van der Waals surface area contributed by atoms with Crippen LogP contribution in [0.25, 0.3) is 11.5 Å². The van der Waals surface area contributed by atoms with Crippen molar-refractivity contribution in [2.24, 2.45) is 0 Å². The zero-order valence-electron chi connectivity index (χ0n) is 14.4. The van der Waals surface area contributed by atoms with Gasteiger partial charge >= 0.3 is 6.03 Å². The van der Waals surface area contributed by atoms with Gasteiger partial charge in [0.05, 0.1) is 18.9 Å². The van der Waals surface area contributed by atoms with Crippen molar-refractivity contribution in [3.8, 4) is 17.2 Å². The number of carbonyl (C=O) groups excluding carboxylic acids is 1. The molecule has 1 saturated heterocycles. The Morgan fingerprint density at radius 2 is 2.28 bits per heavy atom. The molecule has 1 aromatic carbocycles. The molecule has 1 aliphatic rings. The summed E-state index contributed by atoms with van der Waals surface area (Å²) in [6, 6.07) is 4.99. The average molecular weight is 346 g/mol. The van der Waals surface area contributed by atoms with Gasteiger partial charge in [0.2, 0.25) is 11.8 Å². The number of nitrogens with zero attached hydrogens (tertiary/aromatic N) is 2. The number of rotatable bonds is 6. The predicted molar refractivity (Wildman–Crippen MR) is 91.7 cm³/mol. The molecular formula is C17H22N4O4. The number of hydrogen-bond donors (Lipinski definition) is 2. The van der Waals surface area contributed by atoms with E-state index in [1.807, 2.05) is 6.92 Å². The number of hydrogen-bond acceptors (Lipinski definition) is 6. The Morgan fingerprint density at radius 1 is 1.40 bits per heavy atom. The van der Waals surface area contributed by atoms with Crippen molar-refractivity contribution >= 4 is 11.7 Å². The van der Waals surface area contributed by atoms with Crippen molar-refractivity contribution in [1.29, 1.82) is 0 Å². The molecule has 2 aromatic rings. The molecule has 1 aliphatic heterocycles. The lowest BCUT2D eigenvalue weighted by molar-refractivity contribution is 0.112. The van der Waals surface area contributed by atoms with Gasteiger partial charge < -0.3 is 24.5 Å². The molecule has 0 radical (unpaired) electrons. The normalized spacial score (nSPS) is 16.6. The molecule has 8 heteroatoms. The summed E-state index contributed by atoms with van der Waals surface area (Å²) in [6.45, 7) is 3.18. The van der Waals surface area contributed by atoms with E-state index in [9.17, 15) is 4.79 Å². The third kappa shape index (κ3) is 4.27. The number of benzene rings is 1. The second-order valence-electron chi connectivity index (χ2n) is 5.74. The molecule has 1 fully saturated rings. The first-order valence-electron chi connectivity index (χ1n) is 8.37. The van der Waals surface area contributed by atoms with Crippen LogP contribution in [0.5, 0.6) is 5.75 Å². The lowest BCUT2D eigenvalue weighted by atomic mass is 10.2. The number of methoxy groups -OCH3 is 1. The first-order valence-corrected chi connectivity index (χ1v) is 8.37. The van der Waals surface area contributed by atoms with Crippen LogP contribution in [0, 0.1) is 0 Å². The van der Waals surface area contributed by atoms with Crippen LogP contribution in [-0.2, 0) is 11.2 Å². The molecule has 1 aromatic heterocycles. The number of anilines is 1. The molecule has 1 atom stereocenters. The van der Waals surface area contributed by atoms with Crippen molar-refractivity contribution in [3.05, 3.63) is 24.1 Å². The highest BCUT2D eigenvalue weighted by Crippen LogP contribution is 2.30. The Balaban J connectivity index is 1.69. The minimum absolute atomic E-state index is 0.0878. The number of carbonyl (C=O) groups is 1. The maximum absolute atomic E-state index is 12.2. The van der Waals surface area contributed by atoms with E-state index in [-0.39, 0.29) is 12.1 Å². The van der Waals surface area contributed by atoms with Crippen molar-refractivity contribution in [2.45, 2.75) is 32.3 Å². The van der Waals surface area contributed by atoms with Gasteiger partial charge in [-0.2, -0.15) is 0 Å². The van der Waals surface area contributed by atoms with Gasteiger partial charge in [-0.15, -0.1) is 10.2 Å². The molecule has 2 amide bonds. The second-order valence-corrected chi connectivity index (χ2v) is 5.74. The maximum atomic E-state index is 12.2. The summed E-state index contributed by atoms with van der Waals surface area (Å²) in [4.78, 5) is 12.2. The average Bonchev–Trinajstić information content (AvgIpc) is 3.31. The fourth-order valence-corrected chi connectivity index (χ4v) is 2.63. The van der Waals surface area contributed by atoms with Gasteiger partial charge in [-0.3, -0.25) is 0 Å². The standard InChI is InChI=1S/C17H22N4O4/c1-3-15-20-21-16(25-15)11-6-7-14(23-2)13(9-11)19-17(22)18-10-12-5-4-8-24-12/h6-7,9,12H,3-5,8,10H2,1-2H3,(H2,18,19,22). The number of ether oxygens (including phenoxy) is 2. The highest BCUT2D eigenvalue weighted by molar-refractivity contribution is 5.91. The Morgan fingerprint density at radius 3 is 2.96 bits per heavy atom. The molecule has 2 N–H and O–H groups in total. The van der Waals surface area contributed by atoms with Gasteiger partial charge in [-0.05, 0) is 31.0 Å². The van der Waals surface area contributed by atoms with Gasteiger partial charge in [-0.1, -0.05) is 6.92 Å². The molecule has 0 aliphatic carbocycles. The van der Waals surface area contributed by atoms with E-state index in [2.05, 4.69) is 20.8 Å². The number of nitrogens with one attached hydrogen (secondary N) is 2. The zero-order chi connectivity index (χ0) is 17.6. The quantitative estimate of drug-likeness (QED) is 0.834. The van der Waals surface area contributed by atoms with Crippen LogP contribution in [0.15, 0.2) is 22.6 Å². The van der Waals surface area contributed by atoms with Crippen LogP contribution < -0.4 is 15.4 Å². The summed E-state index contributed by atoms with van der Waals surface area (Å²) < 4.78 is 16.4. The molecular weight excluding hydrogens is 324 g/mol. The molecule has 0 saturated carbocycles. The number of amides is 2. The second kappa shape index (κ2) is 7.98. The van der Waals surface area contributed by atoms with Crippen LogP contribution in [0.3, 0.4) is 0 Å². The first-order chi connectivity index (χ1) is 12.2. The Bertz CT molecular complexity index is 725. The minimum atomic E-state index is -0.314. The lowest BCUT2D eigenvalue weighted by Gasteiger charge is -2.14. The molecule has 1 unspecified atom stereocenters. The van der Waals surface area contributed by atoms with Gasteiger partial charge in [0.1, 0.15) is 5.75 Å². The van der Waals surface area contributed by atoms with E-state index in [4.69, 9.17) is 13.9 Å². The molecule has 0 spiro atoms. The molecule has 8 nitrogen and oxygen atoms in total. The van der Waals surface area contributed by atoms with E-state index in [0.717, 1.165) is 19.4 Å². The first kappa shape index (κ1) is 17.2. The SMILES string of the molecule is CCc1nnc(-c2ccc(OC)c(NC(=O)NCC3CCCO3)c2)o1. The van der Waals surface area contributed by atoms with E-state index in [0.29, 0.717) is 41.7 Å². The predicted octanol–water partition coefficient (Wildman–Crippen LogP) is 2.61. The monoisotopic (exact) mass is 346 g/mol. The van der Waals surface area contributed by atoms with E-state index in [1.54, 1.807) is 25.3 Å². The summed E-state index contributed by atoms with van der Waals surface area (Å²) in [5, 5.41) is 13.6. The van der Waals surface area contributed by atoms with Crippen molar-refractivity contribution in [1.82, 2.24) is 15.5 Å². The summed E-state index contributed by atoms with van der Waals surface area (Å²) in [5.41, 5.74) is 1.24. The Hall–Kier alpha value is -2.61. The summed E-state index contributed by atoms with van der Waals surface area (Å²) in [6.07, 6.45) is 2.76. The number of urea groups is 1. The summed E-state index contributed by atoms with van der Waals surface area (Å²) in [7, 11) is 1.55. The molecule has 2 heterocycles. The lowest BCUT2D eigenvalue weighted by Crippen LogP contribution is -2.35. The van der Waals surface area contributed by atoms with Crippen LogP contribution >= 0.6 is 0 Å². The Labute approximate surface area is 145 Å². The van der Waals surface area contributed by atoms with Crippen LogP contribution in [0.2, 0.25) is 0 Å². The summed E-state index contributed by atoms with van der Waals surface area (Å²) in [5.74, 6) is 1.52. The van der Waals surface area contributed by atoms with Gasteiger partial charge in [0.15, 0.2) is 0 Å². The molecule has 3 rings (SSSR count). The van der Waals surface area contributed by atoms with E-state index < -0.39 is 0 Å². The van der Waals surface area contributed by atoms with Crippen LogP contribution in [0.1, 0.15) is 25.7 Å². The van der Waals surface area contributed by atoms with Gasteiger partial charge in [0, 0.05) is 25.1 Å². The molecule has 25 heavy (non-hydrogen) atoms. The van der Waals surface area contributed by atoms with E-state index in [1.165, 1.54) is 0 Å². The zero-order valence-corrected chi connectivity index (χ0v) is 14.4. The molecule has 0 bridgehead atoms. The van der Waals surface area contributed by atoms with Crippen LogP contribution in [-0.4, -0.2) is 42.6 Å². The minimum Gasteiger partial charge on any atom is -0.495 e. The number of aryl methyl sites for hydroxylation is 1. The highest BCUT2D eigenvalue weighted by Gasteiger charge is 2.17. The van der Waals surface area contributed by atoms with Crippen molar-refractivity contribution < 1.29 is 18.7 Å². The van der Waals surface area contributed by atoms with Gasteiger partial charge in [-0.25, -0.2) is 4.79 Å².